The van der Waals surface area contributed by atoms with Crippen molar-refractivity contribution in [3.8, 4) is 0 Å². The van der Waals surface area contributed by atoms with E-state index in [0.29, 0.717) is 13.0 Å². The van der Waals surface area contributed by atoms with Gasteiger partial charge in [0.2, 0.25) is 10.0 Å². The number of rotatable bonds is 3. The molecule has 0 bridgehead atoms. The Balaban J connectivity index is 2.42. The third-order valence-electron chi connectivity index (χ3n) is 3.09. The zero-order valence-corrected chi connectivity index (χ0v) is 12.1. The number of anilines is 1. The van der Waals surface area contributed by atoms with Crippen LogP contribution >= 0.6 is 15.9 Å². The van der Waals surface area contributed by atoms with Gasteiger partial charge in [-0.3, -0.25) is 0 Å². The van der Waals surface area contributed by atoms with Crippen molar-refractivity contribution in [2.75, 3.05) is 18.9 Å². The van der Waals surface area contributed by atoms with E-state index in [0.717, 1.165) is 10.9 Å². The number of halogens is 1. The molecule has 1 fully saturated rings. The maximum absolute atomic E-state index is 12.5. The summed E-state index contributed by atoms with van der Waals surface area (Å²) in [5.74, 6) is 0. The van der Waals surface area contributed by atoms with Gasteiger partial charge < -0.3 is 10.8 Å². The highest BCUT2D eigenvalue weighted by molar-refractivity contribution is 9.10. The van der Waals surface area contributed by atoms with Gasteiger partial charge in [-0.2, -0.15) is 4.31 Å². The first-order valence-electron chi connectivity index (χ1n) is 5.64. The Morgan fingerprint density at radius 1 is 1.50 bits per heavy atom. The first-order chi connectivity index (χ1) is 8.46. The number of nitrogens with zero attached hydrogens (tertiary/aromatic N) is 1. The molecule has 100 valence electrons. The van der Waals surface area contributed by atoms with Crippen molar-refractivity contribution >= 4 is 31.6 Å². The van der Waals surface area contributed by atoms with Gasteiger partial charge in [0, 0.05) is 17.1 Å². The molecule has 0 radical (unpaired) electrons. The summed E-state index contributed by atoms with van der Waals surface area (Å²) in [6, 6.07) is 4.36. The second kappa shape index (κ2) is 5.16. The Bertz CT molecular complexity index is 547. The summed E-state index contributed by atoms with van der Waals surface area (Å²) in [6.07, 6.45) is 1.45. The molecule has 1 aromatic carbocycles. The molecular weight excluding hydrogens is 320 g/mol. The second-order valence-electron chi connectivity index (χ2n) is 4.28. The smallest absolute Gasteiger partial charge is 0.245 e. The molecule has 5 nitrogen and oxygen atoms in total. The van der Waals surface area contributed by atoms with Crippen molar-refractivity contribution in [3.63, 3.8) is 0 Å². The topological polar surface area (TPSA) is 83.6 Å². The van der Waals surface area contributed by atoms with Crippen LogP contribution in [0, 0.1) is 0 Å². The molecule has 3 N–H and O–H groups in total. The Labute approximate surface area is 115 Å². The number of aliphatic hydroxyl groups is 1. The van der Waals surface area contributed by atoms with E-state index in [-0.39, 0.29) is 23.2 Å². The van der Waals surface area contributed by atoms with Gasteiger partial charge in [0.25, 0.3) is 0 Å². The van der Waals surface area contributed by atoms with Gasteiger partial charge in [0.15, 0.2) is 0 Å². The number of nitrogen functional groups attached to an aromatic ring is 1. The Kier molecular flexibility index (Phi) is 3.96. The van der Waals surface area contributed by atoms with Gasteiger partial charge in [-0.1, -0.05) is 15.9 Å². The molecule has 1 aromatic rings. The SMILES string of the molecule is Nc1cc(Br)ccc1S(=O)(=O)N1CCC[C@H]1CO. The fraction of sp³-hybridized carbons (Fsp3) is 0.455. The van der Waals surface area contributed by atoms with E-state index >= 15 is 0 Å². The average Bonchev–Trinajstić information content (AvgIpc) is 2.76. The standard InChI is InChI=1S/C11H15BrN2O3S/c12-8-3-4-11(10(13)6-8)18(16,17)14-5-1-2-9(14)7-15/h3-4,6,9,15H,1-2,5,7,13H2/t9-/m0/s1. The third-order valence-corrected chi connectivity index (χ3v) is 5.61. The number of nitrogens with two attached hydrogens (primary N) is 1. The summed E-state index contributed by atoms with van der Waals surface area (Å²) >= 11 is 3.24. The molecule has 1 atom stereocenters. The molecular formula is C11H15BrN2O3S. The highest BCUT2D eigenvalue weighted by Gasteiger charge is 2.35. The van der Waals surface area contributed by atoms with E-state index in [2.05, 4.69) is 15.9 Å². The lowest BCUT2D eigenvalue weighted by atomic mass is 10.2. The summed E-state index contributed by atoms with van der Waals surface area (Å²) in [5, 5.41) is 9.22. The summed E-state index contributed by atoms with van der Waals surface area (Å²) in [4.78, 5) is 0.103. The molecule has 0 amide bonds. The molecule has 0 aliphatic carbocycles. The van der Waals surface area contributed by atoms with Crippen LogP contribution in [0.15, 0.2) is 27.6 Å². The first kappa shape index (κ1) is 13.8. The molecule has 1 aliphatic rings. The minimum absolute atomic E-state index is 0.103. The van der Waals surface area contributed by atoms with Crippen LogP contribution in [0.1, 0.15) is 12.8 Å². The predicted octanol–water partition coefficient (Wildman–Crippen LogP) is 1.18. The normalized spacial score (nSPS) is 21.3. The van der Waals surface area contributed by atoms with Gasteiger partial charge in [0.05, 0.1) is 12.3 Å². The molecule has 0 unspecified atom stereocenters. The molecule has 2 rings (SSSR count). The first-order valence-corrected chi connectivity index (χ1v) is 7.88. The van der Waals surface area contributed by atoms with E-state index < -0.39 is 10.0 Å². The molecule has 18 heavy (non-hydrogen) atoms. The van der Waals surface area contributed by atoms with Gasteiger partial charge in [-0.25, -0.2) is 8.42 Å². The fourth-order valence-electron chi connectivity index (χ4n) is 2.19. The number of sulfonamides is 1. The highest BCUT2D eigenvalue weighted by atomic mass is 79.9. The predicted molar refractivity (Wildman–Crippen MR) is 72.6 cm³/mol. The molecule has 0 spiro atoms. The molecule has 7 heteroatoms. The number of hydrogen-bond acceptors (Lipinski definition) is 4. The van der Waals surface area contributed by atoms with E-state index in [1.54, 1.807) is 12.1 Å². The Morgan fingerprint density at radius 2 is 2.22 bits per heavy atom. The van der Waals surface area contributed by atoms with E-state index in [4.69, 9.17) is 5.73 Å². The van der Waals surface area contributed by atoms with Crippen molar-refractivity contribution in [3.05, 3.63) is 22.7 Å². The van der Waals surface area contributed by atoms with Crippen molar-refractivity contribution in [2.24, 2.45) is 0 Å². The van der Waals surface area contributed by atoms with Crippen LogP contribution in [0.25, 0.3) is 0 Å². The maximum atomic E-state index is 12.5. The number of aliphatic hydroxyl groups excluding tert-OH is 1. The second-order valence-corrected chi connectivity index (χ2v) is 7.05. The fourth-order valence-corrected chi connectivity index (χ4v) is 4.35. The highest BCUT2D eigenvalue weighted by Crippen LogP contribution is 2.30. The van der Waals surface area contributed by atoms with Crippen molar-refractivity contribution in [1.82, 2.24) is 4.31 Å². The molecule has 0 saturated carbocycles. The van der Waals surface area contributed by atoms with Crippen LogP contribution in [0.2, 0.25) is 0 Å². The Morgan fingerprint density at radius 3 is 2.83 bits per heavy atom. The van der Waals surface area contributed by atoms with Crippen LogP contribution in [-0.4, -0.2) is 37.0 Å². The minimum Gasteiger partial charge on any atom is -0.398 e. The lowest BCUT2D eigenvalue weighted by Crippen LogP contribution is -2.37. The third kappa shape index (κ3) is 2.40. The summed E-state index contributed by atoms with van der Waals surface area (Å²) in [6.45, 7) is 0.277. The van der Waals surface area contributed by atoms with E-state index in [1.165, 1.54) is 10.4 Å². The van der Waals surface area contributed by atoms with Gasteiger partial charge in [0.1, 0.15) is 4.90 Å². The minimum atomic E-state index is -3.62. The number of hydrogen-bond donors (Lipinski definition) is 2. The van der Waals surface area contributed by atoms with Crippen LogP contribution in [-0.2, 0) is 10.0 Å². The van der Waals surface area contributed by atoms with Crippen LogP contribution in [0.4, 0.5) is 5.69 Å². The molecule has 1 saturated heterocycles. The quantitative estimate of drug-likeness (QED) is 0.813. The van der Waals surface area contributed by atoms with Crippen molar-refractivity contribution < 1.29 is 13.5 Å². The summed E-state index contributed by atoms with van der Waals surface area (Å²) in [7, 11) is -3.62. The zero-order valence-electron chi connectivity index (χ0n) is 9.71. The summed E-state index contributed by atoms with van der Waals surface area (Å²) < 4.78 is 27.0. The maximum Gasteiger partial charge on any atom is 0.245 e. The largest absolute Gasteiger partial charge is 0.398 e. The molecule has 1 aliphatic heterocycles. The van der Waals surface area contributed by atoms with E-state index in [1.807, 2.05) is 0 Å². The molecule has 1 heterocycles. The monoisotopic (exact) mass is 334 g/mol. The Hall–Kier alpha value is -0.630. The van der Waals surface area contributed by atoms with Crippen LogP contribution in [0.5, 0.6) is 0 Å². The van der Waals surface area contributed by atoms with Crippen molar-refractivity contribution in [2.45, 2.75) is 23.8 Å². The van der Waals surface area contributed by atoms with Gasteiger partial charge >= 0.3 is 0 Å². The summed E-state index contributed by atoms with van der Waals surface area (Å²) in [5.41, 5.74) is 5.98. The van der Waals surface area contributed by atoms with Gasteiger partial charge in [-0.05, 0) is 31.0 Å². The van der Waals surface area contributed by atoms with Crippen LogP contribution in [0.3, 0.4) is 0 Å². The molecule has 0 aromatic heterocycles. The zero-order chi connectivity index (χ0) is 13.3. The van der Waals surface area contributed by atoms with E-state index in [9.17, 15) is 13.5 Å². The van der Waals surface area contributed by atoms with Gasteiger partial charge in [-0.15, -0.1) is 0 Å². The van der Waals surface area contributed by atoms with Crippen LogP contribution < -0.4 is 5.73 Å². The lowest BCUT2D eigenvalue weighted by Gasteiger charge is -2.23. The number of benzene rings is 1. The average molecular weight is 335 g/mol. The van der Waals surface area contributed by atoms with Crippen molar-refractivity contribution in [1.29, 1.82) is 0 Å². The lowest BCUT2D eigenvalue weighted by molar-refractivity contribution is 0.213.